The second-order valence-electron chi connectivity index (χ2n) is 20.1. The van der Waals surface area contributed by atoms with Crippen molar-refractivity contribution in [3.05, 3.63) is 118 Å². The molecule has 0 atom stereocenters. The Morgan fingerprint density at radius 1 is 0.596 bits per heavy atom. The summed E-state index contributed by atoms with van der Waals surface area (Å²) in [5.41, 5.74) is 18.6. The molecule has 0 amide bonds. The van der Waals surface area contributed by atoms with Crippen molar-refractivity contribution in [2.24, 2.45) is 0 Å². The van der Waals surface area contributed by atoms with Gasteiger partial charge in [-0.05, 0) is 103 Å². The molecule has 1 aromatic heterocycles. The van der Waals surface area contributed by atoms with Crippen LogP contribution in [0.15, 0.2) is 89.3 Å². The number of nitrogens with zero attached hydrogens (tertiary/aromatic N) is 1. The van der Waals surface area contributed by atoms with Crippen LogP contribution < -0.4 is 21.3 Å². The molecule has 0 radical (unpaired) electrons. The zero-order chi connectivity index (χ0) is 36.9. The Kier molecular flexibility index (Phi) is 6.76. The summed E-state index contributed by atoms with van der Waals surface area (Å²) in [7, 11) is 0. The second-order valence-corrected chi connectivity index (χ2v) is 20.1. The maximum atomic E-state index is 6.97. The number of hydrogen-bond donors (Lipinski definition) is 0. The molecule has 3 heteroatoms. The van der Waals surface area contributed by atoms with Gasteiger partial charge in [0.2, 0.25) is 6.71 Å². The average Bonchev–Trinajstić information content (AvgIpc) is 3.46. The fourth-order valence-corrected chi connectivity index (χ4v) is 9.86. The molecular weight excluding hydrogens is 629 g/mol. The van der Waals surface area contributed by atoms with Gasteiger partial charge in [-0.25, -0.2) is 0 Å². The number of fused-ring (bicyclic) bond motifs is 9. The average molecular weight is 684 g/mol. The summed E-state index contributed by atoms with van der Waals surface area (Å²) in [5.74, 6) is 0. The highest BCUT2D eigenvalue weighted by atomic mass is 16.3. The van der Waals surface area contributed by atoms with E-state index >= 15 is 0 Å². The lowest BCUT2D eigenvalue weighted by Gasteiger charge is -2.48. The molecule has 52 heavy (non-hydrogen) atoms. The van der Waals surface area contributed by atoms with Crippen LogP contribution in [0.1, 0.15) is 129 Å². The number of hydrogen-bond acceptors (Lipinski definition) is 2. The van der Waals surface area contributed by atoms with Crippen LogP contribution >= 0.6 is 0 Å². The van der Waals surface area contributed by atoms with Gasteiger partial charge in [0.05, 0.1) is 5.69 Å². The van der Waals surface area contributed by atoms with Crippen molar-refractivity contribution in [1.29, 1.82) is 0 Å². The molecule has 1 aliphatic carbocycles. The lowest BCUT2D eigenvalue weighted by molar-refractivity contribution is 0.331. The van der Waals surface area contributed by atoms with Gasteiger partial charge in [-0.1, -0.05) is 149 Å². The predicted molar refractivity (Wildman–Crippen MR) is 224 cm³/mol. The molecule has 0 spiro atoms. The number of anilines is 3. The van der Waals surface area contributed by atoms with Gasteiger partial charge in [0.1, 0.15) is 5.58 Å². The molecule has 264 valence electrons. The van der Waals surface area contributed by atoms with Crippen molar-refractivity contribution in [3.63, 3.8) is 0 Å². The monoisotopic (exact) mass is 683 g/mol. The molecule has 2 aliphatic heterocycles. The highest BCUT2D eigenvalue weighted by Crippen LogP contribution is 2.51. The Labute approximate surface area is 311 Å². The van der Waals surface area contributed by atoms with Crippen LogP contribution in [0.25, 0.3) is 21.9 Å². The number of benzene rings is 5. The number of para-hydroxylation sites is 1. The zero-order valence-corrected chi connectivity index (χ0v) is 33.4. The van der Waals surface area contributed by atoms with E-state index < -0.39 is 0 Å². The third-order valence-corrected chi connectivity index (χ3v) is 13.3. The Bertz CT molecular complexity index is 2460. The van der Waals surface area contributed by atoms with Crippen LogP contribution in [-0.4, -0.2) is 6.71 Å². The fraction of sp³-hybridized carbons (Fsp3) is 0.388. The Morgan fingerprint density at radius 2 is 1.23 bits per heavy atom. The van der Waals surface area contributed by atoms with E-state index in [4.69, 9.17) is 4.42 Å². The first-order valence-electron chi connectivity index (χ1n) is 19.5. The van der Waals surface area contributed by atoms with E-state index in [1.165, 1.54) is 90.4 Å². The van der Waals surface area contributed by atoms with Gasteiger partial charge >= 0.3 is 0 Å². The minimum atomic E-state index is -0.188. The predicted octanol–water partition coefficient (Wildman–Crippen LogP) is 11.5. The van der Waals surface area contributed by atoms with Gasteiger partial charge in [-0.15, -0.1) is 0 Å². The molecule has 0 N–H and O–H groups in total. The zero-order valence-electron chi connectivity index (χ0n) is 33.4. The summed E-state index contributed by atoms with van der Waals surface area (Å²) in [6.07, 6.45) is 2.41. The van der Waals surface area contributed by atoms with Crippen molar-refractivity contribution in [1.82, 2.24) is 0 Å². The van der Waals surface area contributed by atoms with Gasteiger partial charge in [-0.2, -0.15) is 0 Å². The van der Waals surface area contributed by atoms with E-state index in [9.17, 15) is 0 Å². The Morgan fingerprint density at radius 3 is 1.88 bits per heavy atom. The van der Waals surface area contributed by atoms with Crippen LogP contribution in [0.5, 0.6) is 0 Å². The molecule has 0 unspecified atom stereocenters. The molecule has 2 nitrogen and oxygen atoms in total. The lowest BCUT2D eigenvalue weighted by Crippen LogP contribution is -2.64. The third kappa shape index (κ3) is 4.63. The topological polar surface area (TPSA) is 16.4 Å². The summed E-state index contributed by atoms with van der Waals surface area (Å²) in [4.78, 5) is 2.56. The first-order chi connectivity index (χ1) is 24.3. The molecule has 3 aliphatic rings. The largest absolute Gasteiger partial charge is 0.454 e. The van der Waals surface area contributed by atoms with Crippen LogP contribution in [-0.2, 0) is 27.1 Å². The van der Waals surface area contributed by atoms with Gasteiger partial charge < -0.3 is 9.32 Å². The third-order valence-electron chi connectivity index (χ3n) is 13.3. The molecule has 0 fully saturated rings. The number of furan rings is 1. The van der Waals surface area contributed by atoms with Gasteiger partial charge in [-0.3, -0.25) is 0 Å². The first-order valence-corrected chi connectivity index (χ1v) is 19.5. The fourth-order valence-electron chi connectivity index (χ4n) is 9.86. The van der Waals surface area contributed by atoms with E-state index in [0.29, 0.717) is 0 Å². The molecule has 6 aromatic rings. The number of rotatable bonds is 1. The van der Waals surface area contributed by atoms with Gasteiger partial charge in [0, 0.05) is 27.6 Å². The smallest absolute Gasteiger partial charge is 0.247 e. The molecule has 0 bridgehead atoms. The van der Waals surface area contributed by atoms with Crippen LogP contribution in [0.3, 0.4) is 0 Å². The molecule has 3 heterocycles. The van der Waals surface area contributed by atoms with Crippen LogP contribution in [0, 0.1) is 0 Å². The van der Waals surface area contributed by atoms with Crippen molar-refractivity contribution in [2.75, 3.05) is 4.90 Å². The quantitative estimate of drug-likeness (QED) is 0.160. The van der Waals surface area contributed by atoms with Crippen LogP contribution in [0.4, 0.5) is 17.1 Å². The van der Waals surface area contributed by atoms with Gasteiger partial charge in [0.15, 0.2) is 5.58 Å². The van der Waals surface area contributed by atoms with E-state index in [1.54, 1.807) is 0 Å². The molecule has 9 rings (SSSR count). The Balaban J connectivity index is 1.44. The maximum Gasteiger partial charge on any atom is 0.247 e. The molecular formula is C49H54BNO. The summed E-state index contributed by atoms with van der Waals surface area (Å²) in [6, 6.07) is 33.0. The second kappa shape index (κ2) is 10.5. The molecule has 0 saturated heterocycles. The highest BCUT2D eigenvalue weighted by molar-refractivity contribution is 6.99. The van der Waals surface area contributed by atoms with E-state index in [-0.39, 0.29) is 33.8 Å². The standard InChI is InChI=1S/C49H54BNO/c1-45(2,3)29-17-19-31(20-18-29)51-40-26-30(46(4,5)6)25-37-42(40)50(38-22-21-33-32-15-13-14-16-41(32)52-44(33)43(38)51)39-28-35-34(27-36(39)49(37,11)12)47(7,8)23-24-48(35,9)10/h13-22,25-28H,23-24H2,1-12H3. The molecule has 0 saturated carbocycles. The lowest BCUT2D eigenvalue weighted by atomic mass is 9.29. The Hall–Kier alpha value is -4.24. The minimum absolute atomic E-state index is 0.0351. The normalized spacial score (nSPS) is 18.2. The summed E-state index contributed by atoms with van der Waals surface area (Å²) in [5, 5.41) is 2.34. The van der Waals surface area contributed by atoms with Crippen molar-refractivity contribution >= 4 is 62.1 Å². The van der Waals surface area contributed by atoms with E-state index in [1.807, 2.05) is 0 Å². The molecule has 5 aromatic carbocycles. The van der Waals surface area contributed by atoms with E-state index in [0.717, 1.165) is 11.2 Å². The van der Waals surface area contributed by atoms with E-state index in [2.05, 4.69) is 173 Å². The summed E-state index contributed by atoms with van der Waals surface area (Å²) < 4.78 is 6.97. The SMILES string of the molecule is CC(C)(C)c1ccc(N2c3cc(C(C)(C)C)cc4c3B(c3cc5c(cc3C4(C)C)C(C)(C)CCC5(C)C)c3ccc4c(oc5ccccc54)c32)cc1. The highest BCUT2D eigenvalue weighted by Gasteiger charge is 2.49. The van der Waals surface area contributed by atoms with Crippen molar-refractivity contribution in [3.8, 4) is 0 Å². The minimum Gasteiger partial charge on any atom is -0.454 e. The summed E-state index contributed by atoms with van der Waals surface area (Å²) in [6.45, 7) is 28.9. The van der Waals surface area contributed by atoms with Crippen LogP contribution in [0.2, 0.25) is 0 Å². The van der Waals surface area contributed by atoms with Gasteiger partial charge in [0.25, 0.3) is 0 Å². The summed E-state index contributed by atoms with van der Waals surface area (Å²) >= 11 is 0. The first kappa shape index (κ1) is 33.6. The van der Waals surface area contributed by atoms with Crippen molar-refractivity contribution < 1.29 is 4.42 Å². The maximum absolute atomic E-state index is 6.97. The van der Waals surface area contributed by atoms with Crippen molar-refractivity contribution in [2.45, 2.75) is 123 Å².